The number of hydrogen-bond donors (Lipinski definition) is 1. The second-order valence-corrected chi connectivity index (χ2v) is 6.20. The number of rotatable bonds is 2. The van der Waals surface area contributed by atoms with Crippen LogP contribution in [0.25, 0.3) is 0 Å². The Labute approximate surface area is 124 Å². The van der Waals surface area contributed by atoms with Crippen LogP contribution in [0.4, 0.5) is 24.5 Å². The SMILES string of the molecule is CC(C)C1CCCN(c2ccc(N)cc2C(F)(F)F)CC1. The summed E-state index contributed by atoms with van der Waals surface area (Å²) >= 11 is 0. The van der Waals surface area contributed by atoms with E-state index >= 15 is 0 Å². The molecular weight excluding hydrogens is 277 g/mol. The predicted octanol–water partition coefficient (Wildman–Crippen LogP) is 4.55. The van der Waals surface area contributed by atoms with Crippen LogP contribution in [0.2, 0.25) is 0 Å². The number of nitrogens with zero attached hydrogens (tertiary/aromatic N) is 1. The van der Waals surface area contributed by atoms with Crippen molar-refractivity contribution in [3.8, 4) is 0 Å². The molecule has 1 fully saturated rings. The minimum absolute atomic E-state index is 0.154. The van der Waals surface area contributed by atoms with Gasteiger partial charge in [-0.05, 0) is 49.3 Å². The highest BCUT2D eigenvalue weighted by Gasteiger charge is 2.35. The van der Waals surface area contributed by atoms with Crippen LogP contribution in [-0.4, -0.2) is 13.1 Å². The van der Waals surface area contributed by atoms with E-state index in [9.17, 15) is 13.2 Å². The fraction of sp³-hybridized carbons (Fsp3) is 0.625. The number of benzene rings is 1. The van der Waals surface area contributed by atoms with E-state index in [0.29, 0.717) is 24.9 Å². The van der Waals surface area contributed by atoms with Gasteiger partial charge in [0.15, 0.2) is 0 Å². The van der Waals surface area contributed by atoms with Gasteiger partial charge in [-0.2, -0.15) is 13.2 Å². The van der Waals surface area contributed by atoms with Crippen molar-refractivity contribution in [3.63, 3.8) is 0 Å². The minimum atomic E-state index is -4.37. The number of hydrogen-bond acceptors (Lipinski definition) is 2. The lowest BCUT2D eigenvalue weighted by Gasteiger charge is -2.27. The summed E-state index contributed by atoms with van der Waals surface area (Å²) < 4.78 is 39.6. The first-order chi connectivity index (χ1) is 9.79. The summed E-state index contributed by atoms with van der Waals surface area (Å²) in [6.07, 6.45) is -1.40. The smallest absolute Gasteiger partial charge is 0.399 e. The van der Waals surface area contributed by atoms with Crippen molar-refractivity contribution >= 4 is 11.4 Å². The van der Waals surface area contributed by atoms with Crippen LogP contribution < -0.4 is 10.6 Å². The first kappa shape index (κ1) is 16.0. The van der Waals surface area contributed by atoms with Crippen molar-refractivity contribution in [2.24, 2.45) is 11.8 Å². The highest BCUT2D eigenvalue weighted by atomic mass is 19.4. The molecule has 118 valence electrons. The predicted molar refractivity (Wildman–Crippen MR) is 80.2 cm³/mol. The lowest BCUT2D eigenvalue weighted by atomic mass is 9.89. The van der Waals surface area contributed by atoms with Gasteiger partial charge in [0.25, 0.3) is 0 Å². The average Bonchev–Trinajstić information content (AvgIpc) is 2.63. The zero-order valence-corrected chi connectivity index (χ0v) is 12.6. The maximum Gasteiger partial charge on any atom is 0.418 e. The second-order valence-electron chi connectivity index (χ2n) is 6.20. The second kappa shape index (κ2) is 6.16. The van der Waals surface area contributed by atoms with Gasteiger partial charge in [-0.1, -0.05) is 13.8 Å². The summed E-state index contributed by atoms with van der Waals surface area (Å²) in [5.74, 6) is 1.18. The summed E-state index contributed by atoms with van der Waals surface area (Å²) in [5, 5.41) is 0. The van der Waals surface area contributed by atoms with E-state index in [0.717, 1.165) is 25.3 Å². The molecule has 0 spiro atoms. The lowest BCUT2D eigenvalue weighted by Crippen LogP contribution is -2.27. The van der Waals surface area contributed by atoms with Crippen molar-refractivity contribution in [1.82, 2.24) is 0 Å². The molecule has 0 bridgehead atoms. The molecule has 0 radical (unpaired) electrons. The Hall–Kier alpha value is -1.39. The Kier molecular flexibility index (Phi) is 4.69. The molecule has 0 amide bonds. The Morgan fingerprint density at radius 3 is 2.52 bits per heavy atom. The number of anilines is 2. The standard InChI is InChI=1S/C16H23F3N2/c1-11(2)12-4-3-8-21(9-7-12)15-6-5-13(20)10-14(15)16(17,18)19/h5-6,10-12H,3-4,7-9,20H2,1-2H3. The molecule has 0 saturated carbocycles. The van der Waals surface area contributed by atoms with Gasteiger partial charge in [0, 0.05) is 24.5 Å². The van der Waals surface area contributed by atoms with Crippen LogP contribution in [0, 0.1) is 11.8 Å². The Morgan fingerprint density at radius 1 is 1.19 bits per heavy atom. The molecule has 2 nitrogen and oxygen atoms in total. The number of alkyl halides is 3. The largest absolute Gasteiger partial charge is 0.418 e. The molecule has 1 heterocycles. The van der Waals surface area contributed by atoms with Gasteiger partial charge in [-0.3, -0.25) is 0 Å². The summed E-state index contributed by atoms with van der Waals surface area (Å²) in [6, 6.07) is 4.10. The van der Waals surface area contributed by atoms with Gasteiger partial charge in [0.1, 0.15) is 0 Å². The minimum Gasteiger partial charge on any atom is -0.399 e. The van der Waals surface area contributed by atoms with Gasteiger partial charge in [0.2, 0.25) is 0 Å². The molecule has 5 heteroatoms. The van der Waals surface area contributed by atoms with Gasteiger partial charge in [-0.15, -0.1) is 0 Å². The molecule has 1 aliphatic heterocycles. The zero-order valence-electron chi connectivity index (χ0n) is 12.6. The third kappa shape index (κ3) is 3.83. The summed E-state index contributed by atoms with van der Waals surface area (Å²) in [6.45, 7) is 5.72. The average molecular weight is 300 g/mol. The molecule has 2 rings (SSSR count). The fourth-order valence-electron chi connectivity index (χ4n) is 3.09. The van der Waals surface area contributed by atoms with Gasteiger partial charge < -0.3 is 10.6 Å². The topological polar surface area (TPSA) is 29.3 Å². The van der Waals surface area contributed by atoms with E-state index in [1.807, 2.05) is 4.90 Å². The van der Waals surface area contributed by atoms with Crippen molar-refractivity contribution in [2.75, 3.05) is 23.7 Å². The number of halogens is 3. The lowest BCUT2D eigenvalue weighted by molar-refractivity contribution is -0.137. The maximum absolute atomic E-state index is 13.2. The Bertz CT molecular complexity index is 483. The number of nitrogen functional groups attached to an aromatic ring is 1. The van der Waals surface area contributed by atoms with Crippen LogP contribution >= 0.6 is 0 Å². The molecule has 2 N–H and O–H groups in total. The summed E-state index contributed by atoms with van der Waals surface area (Å²) in [7, 11) is 0. The van der Waals surface area contributed by atoms with Crippen LogP contribution in [0.15, 0.2) is 18.2 Å². The van der Waals surface area contributed by atoms with E-state index in [1.54, 1.807) is 6.07 Å². The maximum atomic E-state index is 13.2. The monoisotopic (exact) mass is 300 g/mol. The fourth-order valence-corrected chi connectivity index (χ4v) is 3.09. The first-order valence-electron chi connectivity index (χ1n) is 7.50. The Balaban J connectivity index is 2.26. The van der Waals surface area contributed by atoms with Crippen molar-refractivity contribution < 1.29 is 13.2 Å². The van der Waals surface area contributed by atoms with Crippen molar-refractivity contribution in [2.45, 2.75) is 39.3 Å². The highest BCUT2D eigenvalue weighted by molar-refractivity contribution is 5.61. The third-order valence-corrected chi connectivity index (χ3v) is 4.38. The van der Waals surface area contributed by atoms with Gasteiger partial charge in [-0.25, -0.2) is 0 Å². The third-order valence-electron chi connectivity index (χ3n) is 4.38. The van der Waals surface area contributed by atoms with Crippen molar-refractivity contribution in [1.29, 1.82) is 0 Å². The van der Waals surface area contributed by atoms with Gasteiger partial charge in [0.05, 0.1) is 5.56 Å². The van der Waals surface area contributed by atoms with Crippen LogP contribution in [0.3, 0.4) is 0 Å². The number of nitrogens with two attached hydrogens (primary N) is 1. The molecule has 1 aliphatic rings. The highest BCUT2D eigenvalue weighted by Crippen LogP contribution is 2.39. The van der Waals surface area contributed by atoms with Crippen LogP contribution in [0.5, 0.6) is 0 Å². The molecule has 1 aromatic carbocycles. The van der Waals surface area contributed by atoms with Crippen LogP contribution in [0.1, 0.15) is 38.7 Å². The van der Waals surface area contributed by atoms with E-state index in [2.05, 4.69) is 13.8 Å². The molecule has 1 unspecified atom stereocenters. The van der Waals surface area contributed by atoms with E-state index in [4.69, 9.17) is 5.73 Å². The molecule has 0 aliphatic carbocycles. The Morgan fingerprint density at radius 2 is 1.90 bits per heavy atom. The van der Waals surface area contributed by atoms with Crippen LogP contribution in [-0.2, 0) is 6.18 Å². The molecule has 21 heavy (non-hydrogen) atoms. The quantitative estimate of drug-likeness (QED) is 0.812. The molecule has 0 aromatic heterocycles. The summed E-state index contributed by atoms with van der Waals surface area (Å²) in [5.41, 5.74) is 5.33. The zero-order chi connectivity index (χ0) is 15.6. The summed E-state index contributed by atoms with van der Waals surface area (Å²) in [4.78, 5) is 1.87. The normalized spacial score (nSPS) is 20.7. The van der Waals surface area contributed by atoms with Gasteiger partial charge >= 0.3 is 6.18 Å². The molecule has 1 aromatic rings. The van der Waals surface area contributed by atoms with E-state index < -0.39 is 11.7 Å². The van der Waals surface area contributed by atoms with E-state index in [1.165, 1.54) is 6.07 Å². The van der Waals surface area contributed by atoms with E-state index in [-0.39, 0.29) is 11.4 Å². The molecule has 1 atom stereocenters. The first-order valence-corrected chi connectivity index (χ1v) is 7.50. The molecule has 1 saturated heterocycles. The van der Waals surface area contributed by atoms with Crippen molar-refractivity contribution in [3.05, 3.63) is 23.8 Å². The molecular formula is C16H23F3N2.